The molecule has 0 bridgehead atoms. The number of rotatable bonds is 9. The zero-order chi connectivity index (χ0) is 57.4. The molecule has 0 atom stereocenters. The van der Waals surface area contributed by atoms with Crippen LogP contribution in [0, 0.1) is 12.1 Å². The van der Waals surface area contributed by atoms with Crippen molar-refractivity contribution in [2.75, 3.05) is 0 Å². The average Bonchev–Trinajstić information content (AvgIpc) is 4.29. The minimum atomic E-state index is -1.52. The first kappa shape index (κ1) is 57.3. The van der Waals surface area contributed by atoms with E-state index in [1.54, 1.807) is 0 Å². The Balaban J connectivity index is 0.000000366. The molecule has 0 aliphatic rings. The third-order valence-corrected chi connectivity index (χ3v) is 20.6. The second-order valence-corrected chi connectivity index (χ2v) is 36.3. The van der Waals surface area contributed by atoms with Gasteiger partial charge in [0, 0.05) is 42.8 Å². The van der Waals surface area contributed by atoms with Gasteiger partial charge in [-0.25, -0.2) is 0 Å². The van der Waals surface area contributed by atoms with Crippen LogP contribution < -0.4 is 10.4 Å². The molecule has 0 unspecified atom stereocenters. The summed E-state index contributed by atoms with van der Waals surface area (Å²) < 4.78 is 9.47. The number of pyridine rings is 1. The van der Waals surface area contributed by atoms with Gasteiger partial charge in [0.2, 0.25) is 0 Å². The summed E-state index contributed by atoms with van der Waals surface area (Å²) in [4.78, 5) is 9.96. The van der Waals surface area contributed by atoms with Crippen LogP contribution in [0.2, 0.25) is 39.3 Å². The second-order valence-electron chi connectivity index (χ2n) is 26.1. The Morgan fingerprint density at radius 3 is 1.71 bits per heavy atom. The summed E-state index contributed by atoms with van der Waals surface area (Å²) in [6.07, 6.45) is 1.87. The molecule has 13 rings (SSSR count). The molecule has 0 amide bonds. The fourth-order valence-electron chi connectivity index (χ4n) is 11.7. The Kier molecular flexibility index (Phi) is 15.4. The quantitative estimate of drug-likeness (QED) is 0.0822. The molecule has 0 aliphatic carbocycles. The van der Waals surface area contributed by atoms with Gasteiger partial charge in [0.1, 0.15) is 5.58 Å². The first-order chi connectivity index (χ1) is 39.2. The van der Waals surface area contributed by atoms with Crippen molar-refractivity contribution in [3.8, 4) is 50.6 Å². The van der Waals surface area contributed by atoms with Crippen molar-refractivity contribution in [1.82, 2.24) is 14.5 Å². The van der Waals surface area contributed by atoms with Gasteiger partial charge in [0.05, 0.1) is 38.6 Å². The van der Waals surface area contributed by atoms with E-state index in [9.17, 15) is 0 Å². The Bertz CT molecular complexity index is 4510. The minimum absolute atomic E-state index is 0. The molecule has 0 spiro atoms. The van der Waals surface area contributed by atoms with Crippen LogP contribution in [0.1, 0.15) is 77.0 Å². The molecule has 417 valence electrons. The molecule has 0 aliphatic heterocycles. The van der Waals surface area contributed by atoms with Gasteiger partial charge in [-0.1, -0.05) is 224 Å². The minimum Gasteiger partial charge on any atom is -0.501 e. The monoisotopic (exact) mass is 1290 g/mol. The van der Waals surface area contributed by atoms with Gasteiger partial charge in [-0.3, -0.25) is 4.98 Å². The first-order valence-electron chi connectivity index (χ1n) is 29.2. The molecular weight excluding hydrogens is 1220 g/mol. The van der Waals surface area contributed by atoms with Crippen LogP contribution in [0.25, 0.3) is 116 Å². The Morgan fingerprint density at radius 2 is 1.10 bits per heavy atom. The molecule has 0 fully saturated rings. The van der Waals surface area contributed by atoms with Crippen LogP contribution in [0.3, 0.4) is 0 Å². The predicted molar refractivity (Wildman–Crippen MR) is 357 cm³/mol. The van der Waals surface area contributed by atoms with E-state index < -0.39 is 16.1 Å². The van der Waals surface area contributed by atoms with Crippen LogP contribution >= 0.6 is 0 Å². The zero-order valence-electron chi connectivity index (χ0n) is 50.2. The maximum absolute atomic E-state index is 7.01. The van der Waals surface area contributed by atoms with Crippen molar-refractivity contribution in [1.29, 1.82) is 0 Å². The normalized spacial score (nSPS) is 12.3. The van der Waals surface area contributed by atoms with Crippen LogP contribution in [0.15, 0.2) is 199 Å². The summed E-state index contributed by atoms with van der Waals surface area (Å²) in [5.41, 5.74) is 16.9. The van der Waals surface area contributed by atoms with Crippen LogP contribution in [-0.2, 0) is 25.5 Å². The van der Waals surface area contributed by atoms with Crippen molar-refractivity contribution in [2.24, 2.45) is 0 Å². The van der Waals surface area contributed by atoms with Crippen LogP contribution in [0.5, 0.6) is 0 Å². The molecule has 3 aromatic heterocycles. The van der Waals surface area contributed by atoms with Crippen molar-refractivity contribution >= 4 is 91.8 Å². The molecule has 13 aromatic rings. The Hall–Kier alpha value is -7.52. The maximum Gasteiger partial charge on any atom is 0.121 e. The molecule has 3 heterocycles. The van der Waals surface area contributed by atoms with E-state index in [1.165, 1.54) is 87.3 Å². The summed E-state index contributed by atoms with van der Waals surface area (Å²) in [6, 6.07) is 75.6. The van der Waals surface area contributed by atoms with Gasteiger partial charge in [-0.2, -0.15) is 0 Å². The molecular formula is C76H73IrN3OSi2-2. The summed E-state index contributed by atoms with van der Waals surface area (Å²) in [7, 11) is -3.05. The van der Waals surface area contributed by atoms with Gasteiger partial charge in [0.15, 0.2) is 0 Å². The van der Waals surface area contributed by atoms with E-state index in [-0.39, 0.29) is 37.4 Å². The van der Waals surface area contributed by atoms with Gasteiger partial charge >= 0.3 is 0 Å². The summed E-state index contributed by atoms with van der Waals surface area (Å²) in [5, 5.41) is 12.4. The zero-order valence-corrected chi connectivity index (χ0v) is 54.6. The van der Waals surface area contributed by atoms with E-state index in [0.29, 0.717) is 0 Å². The van der Waals surface area contributed by atoms with Gasteiger partial charge in [-0.05, 0) is 125 Å². The van der Waals surface area contributed by atoms with E-state index in [2.05, 4.69) is 267 Å². The number of nitrogens with zero attached hydrogens (tertiary/aromatic N) is 3. The fraction of sp³-hybridized carbons (Fsp3) is 0.211. The van der Waals surface area contributed by atoms with E-state index in [4.69, 9.17) is 9.40 Å². The van der Waals surface area contributed by atoms with Crippen LogP contribution in [-0.4, -0.2) is 30.7 Å². The van der Waals surface area contributed by atoms with Crippen molar-refractivity contribution in [2.45, 2.75) is 105 Å². The molecule has 7 heteroatoms. The number of hydrogen-bond acceptors (Lipinski definition) is 3. The second kappa shape index (κ2) is 22.2. The van der Waals surface area contributed by atoms with Gasteiger partial charge < -0.3 is 14.0 Å². The van der Waals surface area contributed by atoms with Gasteiger partial charge in [-0.15, -0.1) is 54.1 Å². The molecule has 4 nitrogen and oxygen atoms in total. The van der Waals surface area contributed by atoms with Gasteiger partial charge in [0.25, 0.3) is 0 Å². The maximum atomic E-state index is 7.01. The Labute approximate surface area is 506 Å². The Morgan fingerprint density at radius 1 is 0.506 bits per heavy atom. The fourth-order valence-corrected chi connectivity index (χ4v) is 14.2. The number of benzene rings is 10. The van der Waals surface area contributed by atoms with E-state index in [1.807, 2.05) is 36.5 Å². The predicted octanol–water partition coefficient (Wildman–Crippen LogP) is 20.4. The number of furan rings is 1. The van der Waals surface area contributed by atoms with Crippen LogP contribution in [0.4, 0.5) is 0 Å². The molecule has 10 aromatic carbocycles. The smallest absolute Gasteiger partial charge is 0.121 e. The molecule has 0 saturated heterocycles. The number of fused-ring (bicyclic) bond motifs is 9. The SMILES string of the molecule is CC(C)(C)c1ccnc(-c2[c-]cccc2)c1.CC(C)c1cc(-c2ccc(-c3cc([Si](C)(C)C)cc([Si](C)(C)C)c3)cc2)cc(C(C)C)c1-n1c(-c2[c-]ccc3c2oc2cc4c(ccc5ccccc54)cc23)nc2ccc3ccccc3c21.[Ir]. The topological polar surface area (TPSA) is 43.9 Å². The largest absolute Gasteiger partial charge is 0.501 e. The molecule has 1 radical (unpaired) electrons. The summed E-state index contributed by atoms with van der Waals surface area (Å²) >= 11 is 0. The third kappa shape index (κ3) is 11.0. The van der Waals surface area contributed by atoms with Crippen molar-refractivity contribution in [3.63, 3.8) is 0 Å². The standard InChI is InChI=1S/C61H57N2OSi2.C15H16N.Ir/c1-37(2)52-33-45(40-24-22-39(23-25-40)44-30-46(65(5,6)7)35-47(31-44)66(8,9)10)34-53(38(3)4)58(52)63-59-49-19-14-12-17-42(49)28-29-56(59)62-61(63)51-21-15-20-50-55-32-43-27-26-41-16-11-13-18-48(41)54(43)36-57(55)64-60(50)51;1-15(2,3)13-9-10-16-14(11-13)12-7-5-4-6-8-12;/h11-20,22-38H,1-10H3;4-7,9-11H,1-3H3;/q2*-1;. The number of hydrogen-bond donors (Lipinski definition) is 0. The molecule has 0 saturated carbocycles. The average molecular weight is 1290 g/mol. The molecule has 83 heavy (non-hydrogen) atoms. The molecule has 0 N–H and O–H groups in total. The van der Waals surface area contributed by atoms with E-state index >= 15 is 0 Å². The van der Waals surface area contributed by atoms with Crippen molar-refractivity contribution in [3.05, 3.63) is 223 Å². The third-order valence-electron chi connectivity index (χ3n) is 16.5. The number of aromatic nitrogens is 3. The van der Waals surface area contributed by atoms with E-state index in [0.717, 1.165) is 55.6 Å². The summed E-state index contributed by atoms with van der Waals surface area (Å²) in [6.45, 7) is 30.7. The van der Waals surface area contributed by atoms with Crippen molar-refractivity contribution < 1.29 is 24.5 Å². The number of imidazole rings is 1. The first-order valence-corrected chi connectivity index (χ1v) is 36.2. The summed E-state index contributed by atoms with van der Waals surface area (Å²) in [5.74, 6) is 1.27.